The molecule has 3 aromatic rings. The minimum absolute atomic E-state index is 0.211. The van der Waals surface area contributed by atoms with Gasteiger partial charge in [0.05, 0.1) is 6.61 Å². The lowest BCUT2D eigenvalue weighted by Crippen LogP contribution is -2.19. The van der Waals surface area contributed by atoms with Crippen LogP contribution in [0.4, 0.5) is 21.9 Å². The van der Waals surface area contributed by atoms with Crippen LogP contribution in [0.2, 0.25) is 0 Å². The fourth-order valence-corrected chi connectivity index (χ4v) is 2.73. The van der Waals surface area contributed by atoms with Gasteiger partial charge < -0.3 is 25.4 Å². The van der Waals surface area contributed by atoms with Crippen molar-refractivity contribution in [2.24, 2.45) is 0 Å². The largest absolute Gasteiger partial charge is 0.482 e. The third-order valence-electron chi connectivity index (χ3n) is 4.19. The molecule has 0 aliphatic heterocycles. The number of urea groups is 1. The van der Waals surface area contributed by atoms with Gasteiger partial charge in [0.2, 0.25) is 0 Å². The molecule has 3 amide bonds. The maximum absolute atomic E-state index is 12.5. The summed E-state index contributed by atoms with van der Waals surface area (Å²) in [6.07, 6.45) is 0. The number of hydrogen-bond donors (Lipinski definition) is 3. The first-order valence-corrected chi connectivity index (χ1v) is 9.96. The highest BCUT2D eigenvalue weighted by molar-refractivity contribution is 6.05. The van der Waals surface area contributed by atoms with Gasteiger partial charge in [-0.05, 0) is 55.5 Å². The van der Waals surface area contributed by atoms with E-state index in [9.17, 15) is 14.4 Å². The maximum atomic E-state index is 12.5. The monoisotopic (exact) mass is 433 g/mol. The fourth-order valence-electron chi connectivity index (χ4n) is 2.73. The maximum Gasteiger partial charge on any atom is 0.344 e. The molecule has 164 valence electrons. The number of esters is 1. The summed E-state index contributed by atoms with van der Waals surface area (Å²) >= 11 is 0. The molecule has 0 fully saturated rings. The van der Waals surface area contributed by atoms with Crippen molar-refractivity contribution >= 4 is 35.0 Å². The second kappa shape index (κ2) is 11.2. The van der Waals surface area contributed by atoms with E-state index in [4.69, 9.17) is 9.47 Å². The first-order chi connectivity index (χ1) is 15.5. The van der Waals surface area contributed by atoms with Crippen LogP contribution in [0.15, 0.2) is 78.9 Å². The summed E-state index contributed by atoms with van der Waals surface area (Å²) in [5, 5.41) is 8.20. The molecular formula is C24H23N3O5. The second-order valence-corrected chi connectivity index (χ2v) is 6.60. The highest BCUT2D eigenvalue weighted by Gasteiger charge is 2.09. The van der Waals surface area contributed by atoms with Gasteiger partial charge in [-0.25, -0.2) is 9.59 Å². The van der Waals surface area contributed by atoms with E-state index in [-0.39, 0.29) is 25.2 Å². The molecule has 3 aromatic carbocycles. The van der Waals surface area contributed by atoms with Gasteiger partial charge in [0.25, 0.3) is 5.91 Å². The summed E-state index contributed by atoms with van der Waals surface area (Å²) in [6, 6.07) is 21.9. The van der Waals surface area contributed by atoms with E-state index in [0.717, 1.165) is 0 Å². The quantitative estimate of drug-likeness (QED) is 0.453. The van der Waals surface area contributed by atoms with E-state index in [1.165, 1.54) is 0 Å². The normalized spacial score (nSPS) is 10.0. The number of nitrogens with one attached hydrogen (secondary N) is 3. The number of anilines is 3. The smallest absolute Gasteiger partial charge is 0.344 e. The summed E-state index contributed by atoms with van der Waals surface area (Å²) in [4.78, 5) is 36.0. The molecule has 8 heteroatoms. The Morgan fingerprint density at radius 3 is 2.09 bits per heavy atom. The van der Waals surface area contributed by atoms with Crippen LogP contribution in [0.5, 0.6) is 5.75 Å². The Morgan fingerprint density at radius 1 is 0.750 bits per heavy atom. The van der Waals surface area contributed by atoms with Crippen LogP contribution in [0.3, 0.4) is 0 Å². The Labute approximate surface area is 185 Å². The van der Waals surface area contributed by atoms with Gasteiger partial charge in [-0.1, -0.05) is 24.3 Å². The molecule has 0 unspecified atom stereocenters. The van der Waals surface area contributed by atoms with E-state index < -0.39 is 5.97 Å². The molecule has 0 atom stereocenters. The first kappa shape index (κ1) is 22.4. The molecule has 0 heterocycles. The third-order valence-corrected chi connectivity index (χ3v) is 4.19. The van der Waals surface area contributed by atoms with Gasteiger partial charge in [0, 0.05) is 28.7 Å². The van der Waals surface area contributed by atoms with Gasteiger partial charge in [-0.15, -0.1) is 0 Å². The highest BCUT2D eigenvalue weighted by Crippen LogP contribution is 2.19. The summed E-state index contributed by atoms with van der Waals surface area (Å²) in [5.41, 5.74) is 2.15. The summed E-state index contributed by atoms with van der Waals surface area (Å²) < 4.78 is 10.2. The van der Waals surface area contributed by atoms with Gasteiger partial charge in [0.15, 0.2) is 6.61 Å². The van der Waals surface area contributed by atoms with E-state index in [2.05, 4.69) is 16.0 Å². The van der Waals surface area contributed by atoms with Crippen LogP contribution in [-0.2, 0) is 9.53 Å². The molecule has 0 spiro atoms. The molecule has 0 aliphatic rings. The zero-order chi connectivity index (χ0) is 22.8. The Hall–Kier alpha value is -4.33. The van der Waals surface area contributed by atoms with Crippen molar-refractivity contribution in [1.82, 2.24) is 0 Å². The second-order valence-electron chi connectivity index (χ2n) is 6.60. The zero-order valence-corrected chi connectivity index (χ0v) is 17.5. The molecule has 0 saturated carbocycles. The lowest BCUT2D eigenvalue weighted by Gasteiger charge is -2.10. The predicted octanol–water partition coefficient (Wildman–Crippen LogP) is 4.52. The number of hydrogen-bond acceptors (Lipinski definition) is 5. The molecule has 32 heavy (non-hydrogen) atoms. The molecule has 0 radical (unpaired) electrons. The Kier molecular flexibility index (Phi) is 7.80. The molecule has 8 nitrogen and oxygen atoms in total. The molecule has 0 bridgehead atoms. The van der Waals surface area contributed by atoms with Crippen molar-refractivity contribution in [2.75, 3.05) is 29.2 Å². The average Bonchev–Trinajstić information content (AvgIpc) is 2.79. The Balaban J connectivity index is 1.54. The van der Waals surface area contributed by atoms with Crippen LogP contribution >= 0.6 is 0 Å². The first-order valence-electron chi connectivity index (χ1n) is 9.96. The molecule has 0 saturated heterocycles. The van der Waals surface area contributed by atoms with Gasteiger partial charge in [-0.3, -0.25) is 4.79 Å². The predicted molar refractivity (Wildman–Crippen MR) is 122 cm³/mol. The van der Waals surface area contributed by atoms with Crippen LogP contribution in [-0.4, -0.2) is 31.1 Å². The Morgan fingerprint density at radius 2 is 1.41 bits per heavy atom. The van der Waals surface area contributed by atoms with Gasteiger partial charge in [0.1, 0.15) is 5.75 Å². The molecule has 0 aromatic heterocycles. The summed E-state index contributed by atoms with van der Waals surface area (Å²) in [7, 11) is 0. The van der Waals surface area contributed by atoms with Crippen molar-refractivity contribution in [3.8, 4) is 5.75 Å². The van der Waals surface area contributed by atoms with Crippen molar-refractivity contribution in [3.63, 3.8) is 0 Å². The van der Waals surface area contributed by atoms with Crippen LogP contribution in [0.25, 0.3) is 0 Å². The molecule has 3 N–H and O–H groups in total. The van der Waals surface area contributed by atoms with E-state index in [1.54, 1.807) is 67.6 Å². The minimum Gasteiger partial charge on any atom is -0.482 e. The topological polar surface area (TPSA) is 106 Å². The van der Waals surface area contributed by atoms with Crippen molar-refractivity contribution in [3.05, 3.63) is 84.4 Å². The molecule has 0 aliphatic carbocycles. The van der Waals surface area contributed by atoms with Gasteiger partial charge in [-0.2, -0.15) is 0 Å². The molecule has 3 rings (SSSR count). The van der Waals surface area contributed by atoms with E-state index >= 15 is 0 Å². The fraction of sp³-hybridized carbons (Fsp3) is 0.125. The number of benzene rings is 3. The van der Waals surface area contributed by atoms with Crippen molar-refractivity contribution < 1.29 is 23.9 Å². The highest BCUT2D eigenvalue weighted by atomic mass is 16.6. The van der Waals surface area contributed by atoms with E-state index in [0.29, 0.717) is 28.4 Å². The number of ether oxygens (including phenoxy) is 2. The lowest BCUT2D eigenvalue weighted by molar-refractivity contribution is -0.145. The number of carbonyl (C=O) groups excluding carboxylic acids is 3. The van der Waals surface area contributed by atoms with Gasteiger partial charge >= 0.3 is 12.0 Å². The Bertz CT molecular complexity index is 1070. The summed E-state index contributed by atoms with van der Waals surface area (Å²) in [6.45, 7) is 1.79. The van der Waals surface area contributed by atoms with Crippen molar-refractivity contribution in [1.29, 1.82) is 0 Å². The lowest BCUT2D eigenvalue weighted by atomic mass is 10.2. The molecular weight excluding hydrogens is 410 g/mol. The third kappa shape index (κ3) is 6.88. The number of carbonyl (C=O) groups is 3. The number of amides is 3. The summed E-state index contributed by atoms with van der Waals surface area (Å²) in [5.74, 6) is -0.360. The van der Waals surface area contributed by atoms with Crippen LogP contribution < -0.4 is 20.7 Å². The standard InChI is InChI=1S/C24H23N3O5/c1-2-31-22(28)16-32-21-10-6-9-20(15-21)25-23(29)17-11-13-19(14-12-17)27-24(30)26-18-7-4-3-5-8-18/h3-15H,2,16H2,1H3,(H,25,29)(H2,26,27,30). The van der Waals surface area contributed by atoms with Crippen LogP contribution in [0, 0.1) is 0 Å². The number of para-hydroxylation sites is 1. The average molecular weight is 433 g/mol. The SMILES string of the molecule is CCOC(=O)COc1cccc(NC(=O)c2ccc(NC(=O)Nc3ccccc3)cc2)c1. The van der Waals surface area contributed by atoms with E-state index in [1.807, 2.05) is 18.2 Å². The van der Waals surface area contributed by atoms with Crippen LogP contribution in [0.1, 0.15) is 17.3 Å². The van der Waals surface area contributed by atoms with Crippen molar-refractivity contribution in [2.45, 2.75) is 6.92 Å². The number of rotatable bonds is 8. The minimum atomic E-state index is -0.465. The zero-order valence-electron chi connectivity index (χ0n) is 17.5.